The number of hydrogen-bond donors (Lipinski definition) is 0. The van der Waals surface area contributed by atoms with Gasteiger partial charge in [0.25, 0.3) is 5.56 Å². The van der Waals surface area contributed by atoms with Crippen molar-refractivity contribution in [2.24, 2.45) is 7.05 Å². The fourth-order valence-corrected chi connectivity index (χ4v) is 1.79. The number of hydrogen-bond acceptors (Lipinski definition) is 2. The van der Waals surface area contributed by atoms with Crippen LogP contribution >= 0.6 is 11.6 Å². The molecule has 0 atom stereocenters. The molecule has 0 aliphatic carbocycles. The van der Waals surface area contributed by atoms with E-state index < -0.39 is 0 Å². The predicted molar refractivity (Wildman–Crippen MR) is 66.1 cm³/mol. The molecule has 0 N–H and O–H groups in total. The number of nitrogens with zero attached hydrogens (tertiary/aromatic N) is 2. The molecule has 2 aromatic rings. The summed E-state index contributed by atoms with van der Waals surface area (Å²) < 4.78 is 1.36. The maximum absolute atomic E-state index is 12.0. The molecule has 0 saturated heterocycles. The van der Waals surface area contributed by atoms with E-state index >= 15 is 0 Å². The van der Waals surface area contributed by atoms with Gasteiger partial charge in [0, 0.05) is 7.05 Å². The first-order valence-corrected chi connectivity index (χ1v) is 5.54. The van der Waals surface area contributed by atoms with Gasteiger partial charge in [-0.25, -0.2) is 4.98 Å². The quantitative estimate of drug-likeness (QED) is 0.714. The minimum Gasteiger partial charge on any atom is -0.286 e. The summed E-state index contributed by atoms with van der Waals surface area (Å²) in [7, 11) is 1.62. The predicted octanol–water partition coefficient (Wildman–Crippen LogP) is 2.71. The van der Waals surface area contributed by atoms with Gasteiger partial charge in [0.15, 0.2) is 0 Å². The van der Waals surface area contributed by atoms with Gasteiger partial charge in [0.1, 0.15) is 0 Å². The lowest BCUT2D eigenvalue weighted by Crippen LogP contribution is -2.18. The Morgan fingerprint density at radius 1 is 1.38 bits per heavy atom. The van der Waals surface area contributed by atoms with E-state index in [4.69, 9.17) is 11.6 Å². The number of benzene rings is 1. The van der Waals surface area contributed by atoms with Crippen molar-refractivity contribution in [1.82, 2.24) is 9.55 Å². The van der Waals surface area contributed by atoms with Crippen molar-refractivity contribution in [1.29, 1.82) is 0 Å². The lowest BCUT2D eigenvalue weighted by Gasteiger charge is -2.08. The third kappa shape index (κ3) is 1.71. The largest absolute Gasteiger partial charge is 0.286 e. The van der Waals surface area contributed by atoms with Crippen LogP contribution in [-0.4, -0.2) is 9.55 Å². The summed E-state index contributed by atoms with van der Waals surface area (Å²) in [6.45, 7) is 4.18. The molecule has 1 aromatic carbocycles. The van der Waals surface area contributed by atoms with Crippen molar-refractivity contribution < 1.29 is 0 Å². The van der Waals surface area contributed by atoms with Crippen LogP contribution in [0, 0.1) is 0 Å². The zero-order valence-corrected chi connectivity index (χ0v) is 10.2. The summed E-state index contributed by atoms with van der Waals surface area (Å²) in [5, 5.41) is 0.841. The van der Waals surface area contributed by atoms with Crippen LogP contribution in [0.25, 0.3) is 10.9 Å². The van der Waals surface area contributed by atoms with E-state index in [9.17, 15) is 4.79 Å². The summed E-state index contributed by atoms with van der Waals surface area (Å²) in [5.74, 6) is 0.393. The summed E-state index contributed by atoms with van der Waals surface area (Å²) in [6, 6.07) is 5.72. The Morgan fingerprint density at radius 2 is 2.06 bits per heavy atom. The second-order valence-electron chi connectivity index (χ2n) is 4.18. The van der Waals surface area contributed by atoms with Crippen molar-refractivity contribution in [2.75, 3.05) is 0 Å². The number of aromatic nitrogens is 2. The van der Waals surface area contributed by atoms with Gasteiger partial charge in [-0.15, -0.1) is 0 Å². The Morgan fingerprint density at radius 3 is 2.69 bits per heavy atom. The van der Waals surface area contributed by atoms with Gasteiger partial charge >= 0.3 is 0 Å². The number of rotatable bonds is 1. The van der Waals surface area contributed by atoms with Gasteiger partial charge in [0.2, 0.25) is 5.28 Å². The third-order valence-electron chi connectivity index (χ3n) is 2.71. The Kier molecular flexibility index (Phi) is 2.72. The van der Waals surface area contributed by atoms with Crippen LogP contribution in [0.2, 0.25) is 5.28 Å². The van der Waals surface area contributed by atoms with Crippen LogP contribution in [0.15, 0.2) is 23.0 Å². The second-order valence-corrected chi connectivity index (χ2v) is 4.51. The first-order valence-electron chi connectivity index (χ1n) is 5.17. The molecule has 1 aromatic heterocycles. The summed E-state index contributed by atoms with van der Waals surface area (Å²) in [6.07, 6.45) is 0. The van der Waals surface area contributed by atoms with Gasteiger partial charge in [-0.05, 0) is 35.2 Å². The Bertz CT molecular complexity index is 602. The lowest BCUT2D eigenvalue weighted by molar-refractivity contribution is 0.839. The van der Waals surface area contributed by atoms with Gasteiger partial charge < -0.3 is 0 Å². The molecule has 3 nitrogen and oxygen atoms in total. The molecule has 0 fully saturated rings. The molecule has 0 aliphatic heterocycles. The standard InChI is InChI=1S/C12H13ClN2O/c1-7(2)8-4-5-10-9(6-8)11(16)15(3)12(13)14-10/h4-7H,1-3H3. The van der Waals surface area contributed by atoms with Crippen LogP contribution in [0.5, 0.6) is 0 Å². The van der Waals surface area contributed by atoms with Gasteiger partial charge in [0.05, 0.1) is 10.9 Å². The van der Waals surface area contributed by atoms with E-state index in [-0.39, 0.29) is 10.8 Å². The maximum atomic E-state index is 12.0. The third-order valence-corrected chi connectivity index (χ3v) is 3.05. The molecule has 0 unspecified atom stereocenters. The molecule has 1 heterocycles. The molecule has 0 spiro atoms. The molecular weight excluding hydrogens is 224 g/mol. The molecule has 0 saturated carbocycles. The minimum absolute atomic E-state index is 0.0995. The zero-order chi connectivity index (χ0) is 11.9. The molecule has 0 bridgehead atoms. The molecule has 16 heavy (non-hydrogen) atoms. The normalized spacial score (nSPS) is 11.3. The summed E-state index contributed by atoms with van der Waals surface area (Å²) in [4.78, 5) is 16.1. The average Bonchev–Trinajstić information content (AvgIpc) is 2.25. The minimum atomic E-state index is -0.0995. The highest BCUT2D eigenvalue weighted by atomic mass is 35.5. The monoisotopic (exact) mass is 236 g/mol. The first kappa shape index (κ1) is 11.1. The van der Waals surface area contributed by atoms with Crippen molar-refractivity contribution >= 4 is 22.5 Å². The lowest BCUT2D eigenvalue weighted by atomic mass is 10.0. The van der Waals surface area contributed by atoms with E-state index in [0.29, 0.717) is 16.8 Å². The van der Waals surface area contributed by atoms with Crippen LogP contribution in [0.1, 0.15) is 25.3 Å². The average molecular weight is 237 g/mol. The fourth-order valence-electron chi connectivity index (χ4n) is 1.62. The molecule has 0 aliphatic rings. The highest BCUT2D eigenvalue weighted by Crippen LogP contribution is 2.19. The van der Waals surface area contributed by atoms with E-state index in [1.54, 1.807) is 7.05 Å². The molecular formula is C12H13ClN2O. The zero-order valence-electron chi connectivity index (χ0n) is 9.49. The molecule has 2 rings (SSSR count). The summed E-state index contributed by atoms with van der Waals surface area (Å²) in [5.41, 5.74) is 1.68. The second kappa shape index (κ2) is 3.91. The van der Waals surface area contributed by atoms with E-state index in [1.165, 1.54) is 4.57 Å². The SMILES string of the molecule is CC(C)c1ccc2nc(Cl)n(C)c(=O)c2c1. The Balaban J connectivity index is 2.83. The van der Waals surface area contributed by atoms with E-state index in [0.717, 1.165) is 5.56 Å². The van der Waals surface area contributed by atoms with E-state index in [2.05, 4.69) is 18.8 Å². The van der Waals surface area contributed by atoms with Crippen molar-refractivity contribution in [3.05, 3.63) is 39.4 Å². The van der Waals surface area contributed by atoms with Crippen LogP contribution in [0.4, 0.5) is 0 Å². The molecule has 0 radical (unpaired) electrons. The summed E-state index contributed by atoms with van der Waals surface area (Å²) >= 11 is 5.85. The fraction of sp³-hybridized carbons (Fsp3) is 0.333. The highest BCUT2D eigenvalue weighted by Gasteiger charge is 2.08. The van der Waals surface area contributed by atoms with Crippen molar-refractivity contribution in [2.45, 2.75) is 19.8 Å². The van der Waals surface area contributed by atoms with Crippen molar-refractivity contribution in [3.63, 3.8) is 0 Å². The van der Waals surface area contributed by atoms with Crippen LogP contribution in [0.3, 0.4) is 0 Å². The van der Waals surface area contributed by atoms with Gasteiger partial charge in [-0.2, -0.15) is 0 Å². The van der Waals surface area contributed by atoms with Crippen LogP contribution in [-0.2, 0) is 7.05 Å². The Labute approximate surface area is 98.7 Å². The number of halogens is 1. The van der Waals surface area contributed by atoms with Gasteiger partial charge in [-0.1, -0.05) is 19.9 Å². The number of fused-ring (bicyclic) bond motifs is 1. The molecule has 84 valence electrons. The Hall–Kier alpha value is -1.35. The topological polar surface area (TPSA) is 34.9 Å². The smallest absolute Gasteiger partial charge is 0.262 e. The van der Waals surface area contributed by atoms with Crippen molar-refractivity contribution in [3.8, 4) is 0 Å². The molecule has 0 amide bonds. The van der Waals surface area contributed by atoms with E-state index in [1.807, 2.05) is 18.2 Å². The molecule has 4 heteroatoms. The first-order chi connectivity index (χ1) is 7.50. The highest BCUT2D eigenvalue weighted by molar-refractivity contribution is 6.28. The van der Waals surface area contributed by atoms with Crippen LogP contribution < -0.4 is 5.56 Å². The van der Waals surface area contributed by atoms with Gasteiger partial charge in [-0.3, -0.25) is 9.36 Å². The maximum Gasteiger partial charge on any atom is 0.262 e.